The molecular formula is C17H15ClN2O3S. The van der Waals surface area contributed by atoms with Crippen molar-refractivity contribution in [1.82, 2.24) is 4.98 Å². The van der Waals surface area contributed by atoms with Crippen LogP contribution in [0.1, 0.15) is 6.42 Å². The summed E-state index contributed by atoms with van der Waals surface area (Å²) in [6.07, 6.45) is 0.340. The number of hydrogen-bond acceptors (Lipinski definition) is 5. The summed E-state index contributed by atoms with van der Waals surface area (Å²) in [4.78, 5) is 16.3. The summed E-state index contributed by atoms with van der Waals surface area (Å²) in [5.41, 5.74) is 2.20. The Balaban J connectivity index is 1.51. The quantitative estimate of drug-likeness (QED) is 0.648. The van der Waals surface area contributed by atoms with Gasteiger partial charge in [0.1, 0.15) is 11.3 Å². The van der Waals surface area contributed by atoms with Crippen molar-refractivity contribution >= 4 is 46.1 Å². The lowest BCUT2D eigenvalue weighted by Crippen LogP contribution is -2.12. The maximum absolute atomic E-state index is 12.0. The van der Waals surface area contributed by atoms with Crippen molar-refractivity contribution in [3.05, 3.63) is 47.5 Å². The molecule has 0 atom stereocenters. The average Bonchev–Trinajstić information content (AvgIpc) is 2.97. The van der Waals surface area contributed by atoms with E-state index in [0.717, 1.165) is 11.1 Å². The number of halogens is 1. The van der Waals surface area contributed by atoms with Crippen molar-refractivity contribution in [2.75, 3.05) is 18.2 Å². The highest BCUT2D eigenvalue weighted by atomic mass is 35.5. The van der Waals surface area contributed by atoms with Crippen molar-refractivity contribution in [2.45, 2.75) is 11.6 Å². The van der Waals surface area contributed by atoms with Gasteiger partial charge in [0.15, 0.2) is 5.58 Å². The Hall–Kier alpha value is -2.18. The van der Waals surface area contributed by atoms with Crippen LogP contribution >= 0.6 is 23.4 Å². The molecule has 124 valence electrons. The second kappa shape index (κ2) is 7.59. The highest BCUT2D eigenvalue weighted by Crippen LogP contribution is 2.27. The monoisotopic (exact) mass is 362 g/mol. The smallest absolute Gasteiger partial charge is 0.256 e. The predicted octanol–water partition coefficient (Wildman–Crippen LogP) is 4.61. The van der Waals surface area contributed by atoms with Crippen LogP contribution in [0, 0.1) is 0 Å². The third-order valence-corrected chi connectivity index (χ3v) is 4.39. The van der Waals surface area contributed by atoms with E-state index in [1.807, 2.05) is 24.3 Å². The van der Waals surface area contributed by atoms with Gasteiger partial charge in [0.05, 0.1) is 12.1 Å². The van der Waals surface area contributed by atoms with Gasteiger partial charge in [-0.3, -0.25) is 4.79 Å². The predicted molar refractivity (Wildman–Crippen MR) is 96.0 cm³/mol. The van der Waals surface area contributed by atoms with Gasteiger partial charge in [-0.15, -0.1) is 0 Å². The minimum absolute atomic E-state index is 0.0974. The van der Waals surface area contributed by atoms with Crippen LogP contribution in [0.5, 0.6) is 5.75 Å². The molecule has 0 aliphatic rings. The van der Waals surface area contributed by atoms with Crippen molar-refractivity contribution in [3.63, 3.8) is 0 Å². The van der Waals surface area contributed by atoms with E-state index in [4.69, 9.17) is 20.8 Å². The third kappa shape index (κ3) is 4.01. The Morgan fingerprint density at radius 1 is 1.33 bits per heavy atom. The molecular weight excluding hydrogens is 348 g/mol. The van der Waals surface area contributed by atoms with E-state index in [1.54, 1.807) is 25.3 Å². The highest BCUT2D eigenvalue weighted by molar-refractivity contribution is 7.99. The molecule has 1 amide bonds. The second-order valence-electron chi connectivity index (χ2n) is 4.94. The van der Waals surface area contributed by atoms with E-state index in [9.17, 15) is 4.79 Å². The van der Waals surface area contributed by atoms with Crippen molar-refractivity contribution < 1.29 is 13.9 Å². The van der Waals surface area contributed by atoms with E-state index in [1.165, 1.54) is 11.8 Å². The first kappa shape index (κ1) is 16.7. The number of carbonyl (C=O) groups is 1. The topological polar surface area (TPSA) is 64.4 Å². The number of benzene rings is 2. The number of methoxy groups -OCH3 is 1. The molecule has 5 nitrogen and oxygen atoms in total. The van der Waals surface area contributed by atoms with Gasteiger partial charge in [0.25, 0.3) is 5.22 Å². The Morgan fingerprint density at radius 2 is 2.17 bits per heavy atom. The highest BCUT2D eigenvalue weighted by Gasteiger charge is 2.09. The number of aromatic nitrogens is 1. The summed E-state index contributed by atoms with van der Waals surface area (Å²) in [6.45, 7) is 0. The maximum Gasteiger partial charge on any atom is 0.256 e. The van der Waals surface area contributed by atoms with E-state index < -0.39 is 0 Å². The van der Waals surface area contributed by atoms with Gasteiger partial charge >= 0.3 is 0 Å². The van der Waals surface area contributed by atoms with E-state index >= 15 is 0 Å². The number of rotatable bonds is 6. The Bertz CT molecular complexity index is 833. The fraction of sp³-hybridized carbons (Fsp3) is 0.176. The Kier molecular flexibility index (Phi) is 5.27. The zero-order valence-corrected chi connectivity index (χ0v) is 14.5. The van der Waals surface area contributed by atoms with Crippen LogP contribution in [0.3, 0.4) is 0 Å². The summed E-state index contributed by atoms with van der Waals surface area (Å²) in [5, 5.41) is 3.82. The molecule has 3 rings (SSSR count). The van der Waals surface area contributed by atoms with Crippen LogP contribution < -0.4 is 10.1 Å². The van der Waals surface area contributed by atoms with Gasteiger partial charge in [0.2, 0.25) is 5.91 Å². The molecule has 0 saturated heterocycles. The summed E-state index contributed by atoms with van der Waals surface area (Å²) in [5.74, 6) is 1.05. The lowest BCUT2D eigenvalue weighted by Gasteiger charge is -2.07. The molecule has 7 heteroatoms. The number of thioether (sulfide) groups is 1. The number of hydrogen-bond donors (Lipinski definition) is 1. The summed E-state index contributed by atoms with van der Waals surface area (Å²) in [6, 6.07) is 12.7. The first-order valence-corrected chi connectivity index (χ1v) is 8.64. The summed E-state index contributed by atoms with van der Waals surface area (Å²) < 4.78 is 10.7. The van der Waals surface area contributed by atoms with Gasteiger partial charge in [-0.1, -0.05) is 35.5 Å². The van der Waals surface area contributed by atoms with Crippen molar-refractivity contribution in [2.24, 2.45) is 0 Å². The number of ether oxygens (including phenoxy) is 1. The van der Waals surface area contributed by atoms with Crippen LogP contribution in [0.25, 0.3) is 11.1 Å². The molecule has 1 heterocycles. The molecule has 0 aliphatic carbocycles. The zero-order valence-electron chi connectivity index (χ0n) is 12.9. The summed E-state index contributed by atoms with van der Waals surface area (Å²) >= 11 is 7.44. The number of nitrogens with zero attached hydrogens (tertiary/aromatic N) is 1. The molecule has 1 N–H and O–H groups in total. The number of anilines is 1. The van der Waals surface area contributed by atoms with Crippen LogP contribution in [0.2, 0.25) is 5.02 Å². The second-order valence-corrected chi connectivity index (χ2v) is 6.40. The Labute approximate surface area is 148 Å². The maximum atomic E-state index is 12.0. The van der Waals surface area contributed by atoms with Crippen LogP contribution in [0.15, 0.2) is 52.1 Å². The number of amides is 1. The van der Waals surface area contributed by atoms with E-state index in [-0.39, 0.29) is 5.91 Å². The van der Waals surface area contributed by atoms with Gasteiger partial charge in [-0.25, -0.2) is 4.98 Å². The average molecular weight is 363 g/mol. The summed E-state index contributed by atoms with van der Waals surface area (Å²) in [7, 11) is 1.54. The fourth-order valence-electron chi connectivity index (χ4n) is 2.11. The normalized spacial score (nSPS) is 10.8. The standard InChI is InChI=1S/C17H15ClN2O3S/c1-22-14-7-6-11(10-12(14)18)19-16(21)8-9-24-17-20-13-4-2-3-5-15(13)23-17/h2-7,10H,8-9H2,1H3,(H,19,21). The first-order chi connectivity index (χ1) is 11.7. The molecule has 2 aromatic carbocycles. The SMILES string of the molecule is COc1ccc(NC(=O)CCSc2nc3ccccc3o2)cc1Cl. The molecule has 0 radical (unpaired) electrons. The fourth-order valence-corrected chi connectivity index (χ4v) is 3.14. The van der Waals surface area contributed by atoms with Gasteiger partial charge in [-0.2, -0.15) is 0 Å². The minimum Gasteiger partial charge on any atom is -0.495 e. The molecule has 3 aromatic rings. The van der Waals surface area contributed by atoms with Gasteiger partial charge < -0.3 is 14.5 Å². The van der Waals surface area contributed by atoms with Gasteiger partial charge in [-0.05, 0) is 30.3 Å². The van der Waals surface area contributed by atoms with E-state index in [2.05, 4.69) is 10.3 Å². The largest absolute Gasteiger partial charge is 0.495 e. The number of fused-ring (bicyclic) bond motifs is 1. The molecule has 0 unspecified atom stereocenters. The third-order valence-electron chi connectivity index (χ3n) is 3.26. The van der Waals surface area contributed by atoms with Crippen LogP contribution in [-0.4, -0.2) is 23.8 Å². The van der Waals surface area contributed by atoms with E-state index in [0.29, 0.717) is 33.9 Å². The molecule has 0 aliphatic heterocycles. The number of nitrogens with one attached hydrogen (secondary N) is 1. The lowest BCUT2D eigenvalue weighted by atomic mass is 10.3. The molecule has 0 bridgehead atoms. The molecule has 0 fully saturated rings. The minimum atomic E-state index is -0.0974. The molecule has 1 aromatic heterocycles. The van der Waals surface area contributed by atoms with Gasteiger partial charge in [0, 0.05) is 17.9 Å². The zero-order chi connectivity index (χ0) is 16.9. The van der Waals surface area contributed by atoms with Crippen LogP contribution in [0.4, 0.5) is 5.69 Å². The molecule has 0 spiro atoms. The number of oxazole rings is 1. The lowest BCUT2D eigenvalue weighted by molar-refractivity contribution is -0.115. The first-order valence-electron chi connectivity index (χ1n) is 7.27. The van der Waals surface area contributed by atoms with Crippen LogP contribution in [-0.2, 0) is 4.79 Å². The Morgan fingerprint density at radius 3 is 2.92 bits per heavy atom. The molecule has 0 saturated carbocycles. The number of para-hydroxylation sites is 2. The molecule has 24 heavy (non-hydrogen) atoms. The van der Waals surface area contributed by atoms with Crippen molar-refractivity contribution in [3.8, 4) is 5.75 Å². The number of carbonyl (C=O) groups excluding carboxylic acids is 1. The van der Waals surface area contributed by atoms with Crippen molar-refractivity contribution in [1.29, 1.82) is 0 Å².